The Balaban J connectivity index is 0.000000240. The Morgan fingerprint density at radius 2 is 1.02 bits per heavy atom. The van der Waals surface area contributed by atoms with Gasteiger partial charge in [-0.2, -0.15) is 0 Å². The van der Waals surface area contributed by atoms with E-state index < -0.39 is 11.9 Å². The number of hydrogen-bond acceptors (Lipinski definition) is 3. The van der Waals surface area contributed by atoms with Crippen LogP contribution in [-0.2, 0) is 24.7 Å². The number of rotatable bonds is 11. The summed E-state index contributed by atoms with van der Waals surface area (Å²) in [6.07, 6.45) is 28.1. The number of aryl methyl sites for hydroxylation is 6. The fourth-order valence-corrected chi connectivity index (χ4v) is 23.6. The topological polar surface area (TPSA) is 6.48 Å². The number of halogens is 2. The van der Waals surface area contributed by atoms with Crippen LogP contribution in [0.25, 0.3) is 0 Å². The minimum atomic E-state index is -3.47. The molecule has 4 fully saturated rings. The zero-order chi connectivity index (χ0) is 40.4. The zero-order valence-corrected chi connectivity index (χ0v) is 41.3. The standard InChI is InChI=1S/C25H34N2.C18H33P.C7H6S.2ClH.Ru/c1-7-9-22-15-18(3)13-20(5)24(22)26-11-12-27(17-26)25-21(6)14-19(4)16-23(25)10-8-2;1-4-10-16(11-5-1)19(17-12-6-2-7-13-17)18-14-8-3-9-15-18;1-8-7-5-3-2-4-6-7;;;/h13-16H,7-12H2,1-6H3;16-18H,1-15H2;1-6H;2*1H;/q;;;;;+2/p-1. The summed E-state index contributed by atoms with van der Waals surface area (Å²) >= 11 is -1.81. The molecule has 0 N–H and O–H groups in total. The van der Waals surface area contributed by atoms with Gasteiger partial charge in [0, 0.05) is 7.92 Å². The molecular weight excluding hydrogens is 864 g/mol. The molecule has 0 unspecified atom stereocenters. The van der Waals surface area contributed by atoms with E-state index in [0.717, 1.165) is 48.0 Å². The molecule has 0 spiro atoms. The molecule has 316 valence electrons. The Morgan fingerprint density at radius 1 is 0.614 bits per heavy atom. The molecule has 4 aliphatic rings. The van der Waals surface area contributed by atoms with E-state index in [2.05, 4.69) is 104 Å². The summed E-state index contributed by atoms with van der Waals surface area (Å²) in [6, 6.07) is 19.7. The maximum atomic E-state index is 7.55. The van der Waals surface area contributed by atoms with Crippen LogP contribution in [0.2, 0.25) is 0 Å². The Hall–Kier alpha value is -1.02. The quantitative estimate of drug-likeness (QED) is 0.107. The summed E-state index contributed by atoms with van der Waals surface area (Å²) in [6.45, 7) is 15.1. The molecule has 3 aromatic carbocycles. The first-order chi connectivity index (χ1) is 27.6. The molecule has 57 heavy (non-hydrogen) atoms. The second-order valence-corrected chi connectivity index (χ2v) is 32.0. The summed E-state index contributed by atoms with van der Waals surface area (Å²) in [4.78, 5) is 6.11. The molecule has 1 saturated heterocycles. The van der Waals surface area contributed by atoms with Gasteiger partial charge in [-0.3, -0.25) is 0 Å². The Labute approximate surface area is 364 Å². The molecular formula is C50H74Cl2N2PRuS+. The van der Waals surface area contributed by atoms with Crippen LogP contribution >= 0.6 is 39.1 Å². The van der Waals surface area contributed by atoms with Crippen molar-refractivity contribution in [1.29, 1.82) is 0 Å². The molecule has 7 heteroatoms. The van der Waals surface area contributed by atoms with E-state index >= 15 is 0 Å². The number of thioether (sulfide) groups is 1. The van der Waals surface area contributed by atoms with E-state index in [-0.39, 0.29) is 7.92 Å². The molecule has 2 nitrogen and oxygen atoms in total. The zero-order valence-electron chi connectivity index (χ0n) is 36.3. The first-order valence-electron chi connectivity index (χ1n) is 22.8. The monoisotopic (exact) mass is 937 g/mol. The van der Waals surface area contributed by atoms with Crippen LogP contribution < -0.4 is 9.80 Å². The molecule has 0 aromatic heterocycles. The predicted molar refractivity (Wildman–Crippen MR) is 259 cm³/mol. The van der Waals surface area contributed by atoms with Crippen molar-refractivity contribution >= 4 is 58.7 Å². The van der Waals surface area contributed by atoms with Crippen LogP contribution in [0.15, 0.2) is 59.5 Å². The third kappa shape index (κ3) is 11.9. The summed E-state index contributed by atoms with van der Waals surface area (Å²) in [5, 5.41) is 0. The van der Waals surface area contributed by atoms with Gasteiger partial charge in [0.05, 0.1) is 17.0 Å². The van der Waals surface area contributed by atoms with Gasteiger partial charge in [-0.15, -0.1) is 0 Å². The number of anilines is 2. The number of hydrogen-bond donors (Lipinski definition) is 0. The van der Waals surface area contributed by atoms with E-state index in [1.54, 1.807) is 108 Å². The third-order valence-electron chi connectivity index (χ3n) is 13.1. The van der Waals surface area contributed by atoms with Crippen molar-refractivity contribution in [3.05, 3.63) is 88.0 Å². The van der Waals surface area contributed by atoms with Crippen molar-refractivity contribution in [3.63, 3.8) is 0 Å². The van der Waals surface area contributed by atoms with Gasteiger partial charge < -0.3 is 0 Å². The van der Waals surface area contributed by atoms with Crippen LogP contribution in [-0.4, -0.2) is 38.4 Å². The van der Waals surface area contributed by atoms with Crippen molar-refractivity contribution in [1.82, 2.24) is 0 Å². The SMILES string of the molecule is C1CCC([PH+](C2CCCCC2)C2CCCCC2)CC1.CCCc1cc(C)cc(C)c1N1CCN(c2c(C)cc(C)cc2CCC)[C]1=[Ru]([Cl])([Cl])=[CH]Sc1ccccc1. The predicted octanol–water partition coefficient (Wildman–Crippen LogP) is 15.5. The van der Waals surface area contributed by atoms with Crippen molar-refractivity contribution in [3.8, 4) is 0 Å². The number of benzene rings is 3. The normalized spacial score (nSPS) is 19.2. The van der Waals surface area contributed by atoms with E-state index in [0.29, 0.717) is 0 Å². The molecule has 3 saturated carbocycles. The molecule has 0 atom stereocenters. The molecule has 0 amide bonds. The van der Waals surface area contributed by atoms with Crippen LogP contribution in [0.4, 0.5) is 11.4 Å². The molecule has 0 radical (unpaired) electrons. The molecule has 3 aliphatic carbocycles. The molecule has 0 bridgehead atoms. The summed E-state index contributed by atoms with van der Waals surface area (Å²) < 4.78 is 3.25. The van der Waals surface area contributed by atoms with Crippen LogP contribution in [0, 0.1) is 27.7 Å². The average molecular weight is 938 g/mol. The van der Waals surface area contributed by atoms with Crippen LogP contribution in [0.3, 0.4) is 0 Å². The van der Waals surface area contributed by atoms with Crippen LogP contribution in [0.1, 0.15) is 156 Å². The summed E-state index contributed by atoms with van der Waals surface area (Å²) in [5.74, 6) is 0. The van der Waals surface area contributed by atoms with Crippen molar-refractivity contribution in [2.24, 2.45) is 0 Å². The molecule has 1 heterocycles. The number of nitrogens with zero attached hydrogens (tertiary/aromatic N) is 2. The van der Waals surface area contributed by atoms with Gasteiger partial charge in [0.1, 0.15) is 0 Å². The summed E-state index contributed by atoms with van der Waals surface area (Å²) in [5.41, 5.74) is 14.2. The van der Waals surface area contributed by atoms with Crippen LogP contribution in [0.5, 0.6) is 0 Å². The van der Waals surface area contributed by atoms with E-state index in [9.17, 15) is 0 Å². The second kappa shape index (κ2) is 22.2. The van der Waals surface area contributed by atoms with E-state index in [4.69, 9.17) is 19.4 Å². The van der Waals surface area contributed by atoms with Gasteiger partial charge in [-0.25, -0.2) is 0 Å². The van der Waals surface area contributed by atoms with Crippen molar-refractivity contribution in [2.75, 3.05) is 22.9 Å². The van der Waals surface area contributed by atoms with Gasteiger partial charge in [-0.1, -0.05) is 19.3 Å². The fraction of sp³-hybridized carbons (Fsp3) is 0.600. The maximum absolute atomic E-state index is 7.55. The van der Waals surface area contributed by atoms with Gasteiger partial charge in [-0.05, 0) is 77.0 Å². The second-order valence-electron chi connectivity index (χ2n) is 17.7. The van der Waals surface area contributed by atoms with E-state index in [1.165, 1.54) is 61.7 Å². The van der Waals surface area contributed by atoms with Gasteiger partial charge in [0.2, 0.25) is 0 Å². The van der Waals surface area contributed by atoms with E-state index in [1.807, 2.05) is 6.07 Å². The molecule has 3 aromatic rings. The van der Waals surface area contributed by atoms with Crippen molar-refractivity contribution in [2.45, 2.75) is 185 Å². The van der Waals surface area contributed by atoms with Gasteiger partial charge in [0.25, 0.3) is 0 Å². The van der Waals surface area contributed by atoms with Gasteiger partial charge in [0.15, 0.2) is 0 Å². The third-order valence-corrected chi connectivity index (χ3v) is 26.3. The van der Waals surface area contributed by atoms with Crippen molar-refractivity contribution < 1.29 is 11.9 Å². The Bertz CT molecular complexity index is 1750. The first-order valence-corrected chi connectivity index (χ1v) is 31.7. The average Bonchev–Trinajstić information content (AvgIpc) is 3.64. The minimum absolute atomic E-state index is 0.0465. The first kappa shape index (κ1) is 45.5. The Kier molecular flexibility index (Phi) is 17.7. The summed E-state index contributed by atoms with van der Waals surface area (Å²) in [7, 11) is 15.0. The molecule has 1 aliphatic heterocycles. The molecule has 7 rings (SSSR count). The fourth-order valence-electron chi connectivity index (χ4n) is 10.9. The Morgan fingerprint density at radius 3 is 1.40 bits per heavy atom. The van der Waals surface area contributed by atoms with Gasteiger partial charge >= 0.3 is 246 Å².